The Morgan fingerprint density at radius 3 is 2.24 bits per heavy atom. The average molecular weight is 474 g/mol. The molecule has 0 aliphatic rings. The van der Waals surface area contributed by atoms with Crippen LogP contribution in [0.2, 0.25) is 0 Å². The molecule has 0 bridgehead atoms. The van der Waals surface area contributed by atoms with Crippen LogP contribution in [0.3, 0.4) is 0 Å². The third-order valence-electron chi connectivity index (χ3n) is 5.04. The zero-order chi connectivity index (χ0) is 25.3. The summed E-state index contributed by atoms with van der Waals surface area (Å²) in [4.78, 5) is 38.1. The number of ether oxygens (including phenoxy) is 3. The van der Waals surface area contributed by atoms with Crippen molar-refractivity contribution in [3.8, 4) is 17.2 Å². The summed E-state index contributed by atoms with van der Waals surface area (Å²) in [6, 6.07) is 10.4. The summed E-state index contributed by atoms with van der Waals surface area (Å²) in [6.07, 6.45) is 0.409. The summed E-state index contributed by atoms with van der Waals surface area (Å²) in [5.41, 5.74) is 0.612. The van der Waals surface area contributed by atoms with Gasteiger partial charge in [0, 0.05) is 24.7 Å². The van der Waals surface area contributed by atoms with Crippen LogP contribution < -0.4 is 19.5 Å². The van der Waals surface area contributed by atoms with E-state index in [1.165, 1.54) is 30.2 Å². The van der Waals surface area contributed by atoms with Gasteiger partial charge < -0.3 is 24.4 Å². The highest BCUT2D eigenvalue weighted by Gasteiger charge is 2.29. The average Bonchev–Trinajstić information content (AvgIpc) is 2.81. The smallest absolute Gasteiger partial charge is 0.311 e. The molecule has 34 heavy (non-hydrogen) atoms. The van der Waals surface area contributed by atoms with Gasteiger partial charge in [-0.25, -0.2) is 0 Å². The molecule has 0 spiro atoms. The Bertz CT molecular complexity index is 993. The van der Waals surface area contributed by atoms with Gasteiger partial charge in [0.2, 0.25) is 11.7 Å². The Labute approximate surface area is 198 Å². The summed E-state index contributed by atoms with van der Waals surface area (Å²) in [6.45, 7) is 5.37. The van der Waals surface area contributed by atoms with Crippen LogP contribution in [-0.4, -0.2) is 54.5 Å². The molecule has 0 fully saturated rings. The van der Waals surface area contributed by atoms with E-state index in [-0.39, 0.29) is 42.3 Å². The van der Waals surface area contributed by atoms with Gasteiger partial charge in [0.15, 0.2) is 6.61 Å². The zero-order valence-electron chi connectivity index (χ0n) is 20.1. The van der Waals surface area contributed by atoms with E-state index in [4.69, 9.17) is 14.2 Å². The van der Waals surface area contributed by atoms with Gasteiger partial charge in [-0.1, -0.05) is 19.1 Å². The molecule has 0 radical (unpaired) electrons. The van der Waals surface area contributed by atoms with Crippen molar-refractivity contribution in [2.75, 3.05) is 20.8 Å². The minimum atomic E-state index is -0.702. The lowest BCUT2D eigenvalue weighted by Gasteiger charge is -2.31. The number of nitro benzene ring substituents is 1. The lowest BCUT2D eigenvalue weighted by Crippen LogP contribution is -2.51. The molecule has 2 rings (SSSR count). The van der Waals surface area contributed by atoms with Crippen molar-refractivity contribution in [3.05, 3.63) is 58.1 Å². The summed E-state index contributed by atoms with van der Waals surface area (Å²) in [5, 5.41) is 14.0. The molecule has 10 heteroatoms. The third-order valence-corrected chi connectivity index (χ3v) is 5.04. The standard InChI is InChI=1S/C24H31N3O7/c1-6-20(24(29)25-16(2)3)26(14-17-7-9-18(32-4)10-8-17)23(28)15-34-19-11-12-21(27(30)31)22(13-19)33-5/h7-13,16,20H,6,14-15H2,1-5H3,(H,25,29). The maximum absolute atomic E-state index is 13.2. The lowest BCUT2D eigenvalue weighted by atomic mass is 10.1. The second-order valence-corrected chi connectivity index (χ2v) is 7.84. The molecule has 1 unspecified atom stereocenters. The Balaban J connectivity index is 2.24. The minimum Gasteiger partial charge on any atom is -0.497 e. The molecule has 0 heterocycles. The van der Waals surface area contributed by atoms with Gasteiger partial charge in [-0.2, -0.15) is 0 Å². The molecular formula is C24H31N3O7. The number of carbonyl (C=O) groups is 2. The van der Waals surface area contributed by atoms with Crippen molar-refractivity contribution < 1.29 is 28.7 Å². The van der Waals surface area contributed by atoms with Gasteiger partial charge in [0.1, 0.15) is 17.5 Å². The number of hydrogen-bond acceptors (Lipinski definition) is 7. The van der Waals surface area contributed by atoms with E-state index in [0.29, 0.717) is 12.2 Å². The van der Waals surface area contributed by atoms with Crippen molar-refractivity contribution >= 4 is 17.5 Å². The number of nitrogens with zero attached hydrogens (tertiary/aromatic N) is 2. The fourth-order valence-electron chi connectivity index (χ4n) is 3.35. The van der Waals surface area contributed by atoms with E-state index in [2.05, 4.69) is 5.32 Å². The van der Waals surface area contributed by atoms with Crippen molar-refractivity contribution in [3.63, 3.8) is 0 Å². The highest BCUT2D eigenvalue weighted by atomic mass is 16.6. The molecule has 184 valence electrons. The van der Waals surface area contributed by atoms with E-state index in [1.807, 2.05) is 32.9 Å². The van der Waals surface area contributed by atoms with Crippen LogP contribution in [0.4, 0.5) is 5.69 Å². The molecule has 2 aromatic rings. The van der Waals surface area contributed by atoms with Gasteiger partial charge in [0.05, 0.1) is 19.1 Å². The van der Waals surface area contributed by atoms with Crippen molar-refractivity contribution in [2.45, 2.75) is 45.8 Å². The summed E-state index contributed by atoms with van der Waals surface area (Å²) in [5.74, 6) is 0.282. The van der Waals surface area contributed by atoms with Crippen LogP contribution in [0, 0.1) is 10.1 Å². The van der Waals surface area contributed by atoms with Crippen LogP contribution in [-0.2, 0) is 16.1 Å². The highest BCUT2D eigenvalue weighted by Crippen LogP contribution is 2.30. The highest BCUT2D eigenvalue weighted by molar-refractivity contribution is 5.88. The Hall–Kier alpha value is -3.82. The molecule has 10 nitrogen and oxygen atoms in total. The second-order valence-electron chi connectivity index (χ2n) is 7.84. The molecule has 0 saturated carbocycles. The Kier molecular flexibility index (Phi) is 9.66. The first-order valence-corrected chi connectivity index (χ1v) is 10.9. The van der Waals surface area contributed by atoms with E-state index in [9.17, 15) is 19.7 Å². The van der Waals surface area contributed by atoms with Gasteiger partial charge in [-0.15, -0.1) is 0 Å². The first kappa shape index (κ1) is 26.4. The first-order chi connectivity index (χ1) is 16.2. The largest absolute Gasteiger partial charge is 0.497 e. The molecule has 1 atom stereocenters. The quantitative estimate of drug-likeness (QED) is 0.371. The number of carbonyl (C=O) groups excluding carboxylic acids is 2. The second kappa shape index (κ2) is 12.4. The number of nitrogens with one attached hydrogen (secondary N) is 1. The fourth-order valence-corrected chi connectivity index (χ4v) is 3.35. The maximum atomic E-state index is 13.2. The lowest BCUT2D eigenvalue weighted by molar-refractivity contribution is -0.385. The summed E-state index contributed by atoms with van der Waals surface area (Å²) >= 11 is 0. The molecule has 0 aromatic heterocycles. The first-order valence-electron chi connectivity index (χ1n) is 10.9. The number of benzene rings is 2. The third kappa shape index (κ3) is 7.09. The van der Waals surface area contributed by atoms with Gasteiger partial charge in [-0.3, -0.25) is 19.7 Å². The van der Waals surface area contributed by atoms with Gasteiger partial charge in [0.25, 0.3) is 5.91 Å². The molecule has 0 aliphatic heterocycles. The Morgan fingerprint density at radius 1 is 1.06 bits per heavy atom. The summed E-state index contributed by atoms with van der Waals surface area (Å²) in [7, 11) is 2.88. The number of rotatable bonds is 12. The van der Waals surface area contributed by atoms with Gasteiger partial charge >= 0.3 is 5.69 Å². The van der Waals surface area contributed by atoms with Gasteiger partial charge in [-0.05, 0) is 44.0 Å². The normalized spacial score (nSPS) is 11.5. The van der Waals surface area contributed by atoms with Crippen LogP contribution in [0.25, 0.3) is 0 Å². The van der Waals surface area contributed by atoms with Crippen molar-refractivity contribution in [2.24, 2.45) is 0 Å². The predicted molar refractivity (Wildman–Crippen MR) is 126 cm³/mol. The minimum absolute atomic E-state index is 0.0211. The number of hydrogen-bond donors (Lipinski definition) is 1. The number of amides is 2. The number of methoxy groups -OCH3 is 2. The molecule has 0 saturated heterocycles. The van der Waals surface area contributed by atoms with E-state index in [0.717, 1.165) is 5.56 Å². The van der Waals surface area contributed by atoms with E-state index < -0.39 is 16.9 Å². The maximum Gasteiger partial charge on any atom is 0.311 e. The van der Waals surface area contributed by atoms with Crippen LogP contribution in [0.15, 0.2) is 42.5 Å². The SMILES string of the molecule is CCC(C(=O)NC(C)C)N(Cc1ccc(OC)cc1)C(=O)COc1ccc([N+](=O)[O-])c(OC)c1. The number of nitro groups is 1. The van der Waals surface area contributed by atoms with Crippen LogP contribution in [0.1, 0.15) is 32.8 Å². The van der Waals surface area contributed by atoms with E-state index in [1.54, 1.807) is 19.2 Å². The monoisotopic (exact) mass is 473 g/mol. The molecule has 1 N–H and O–H groups in total. The predicted octanol–water partition coefficient (Wildman–Crippen LogP) is 3.32. The molecule has 0 aliphatic carbocycles. The zero-order valence-corrected chi connectivity index (χ0v) is 20.1. The molecule has 2 aromatic carbocycles. The van der Waals surface area contributed by atoms with E-state index >= 15 is 0 Å². The summed E-state index contributed by atoms with van der Waals surface area (Å²) < 4.78 is 15.8. The Morgan fingerprint density at radius 2 is 1.71 bits per heavy atom. The topological polar surface area (TPSA) is 120 Å². The van der Waals surface area contributed by atoms with Crippen molar-refractivity contribution in [1.29, 1.82) is 0 Å². The fraction of sp³-hybridized carbons (Fsp3) is 0.417. The molecule has 2 amide bonds. The van der Waals surface area contributed by atoms with Crippen molar-refractivity contribution in [1.82, 2.24) is 10.2 Å². The van der Waals surface area contributed by atoms with Crippen LogP contribution in [0.5, 0.6) is 17.2 Å². The van der Waals surface area contributed by atoms with Crippen LogP contribution >= 0.6 is 0 Å². The molecular weight excluding hydrogens is 442 g/mol.